The van der Waals surface area contributed by atoms with Gasteiger partial charge in [0.25, 0.3) is 0 Å². The van der Waals surface area contributed by atoms with Crippen LogP contribution in [0.3, 0.4) is 0 Å². The Morgan fingerprint density at radius 3 is 2.89 bits per heavy atom. The molecule has 1 N–H and O–H groups in total. The van der Waals surface area contributed by atoms with Gasteiger partial charge >= 0.3 is 0 Å². The Morgan fingerprint density at radius 1 is 1.32 bits per heavy atom. The van der Waals surface area contributed by atoms with Crippen molar-refractivity contribution in [2.45, 2.75) is 78.3 Å². The van der Waals surface area contributed by atoms with Crippen molar-refractivity contribution in [3.63, 3.8) is 0 Å². The van der Waals surface area contributed by atoms with Gasteiger partial charge in [0, 0.05) is 18.3 Å². The van der Waals surface area contributed by atoms with Crippen LogP contribution in [-0.2, 0) is 19.4 Å². The topological polar surface area (TPSA) is 29.9 Å². The van der Waals surface area contributed by atoms with Gasteiger partial charge in [-0.2, -0.15) is 0 Å². The third-order valence-electron chi connectivity index (χ3n) is 4.19. The minimum absolute atomic E-state index is 0.639. The zero-order valence-electron chi connectivity index (χ0n) is 12.8. The second kappa shape index (κ2) is 7.09. The summed E-state index contributed by atoms with van der Waals surface area (Å²) in [5.74, 6) is 1.22. The summed E-state index contributed by atoms with van der Waals surface area (Å²) in [6.07, 6.45) is 8.82. The molecule has 2 rings (SSSR count). The highest BCUT2D eigenvalue weighted by molar-refractivity contribution is 5.19. The molecule has 1 aromatic heterocycles. The van der Waals surface area contributed by atoms with Crippen molar-refractivity contribution in [1.82, 2.24) is 14.9 Å². The molecule has 0 saturated carbocycles. The fraction of sp³-hybridized carbons (Fsp3) is 0.812. The Labute approximate surface area is 117 Å². The molecule has 1 aromatic rings. The van der Waals surface area contributed by atoms with Gasteiger partial charge in [0.1, 0.15) is 5.82 Å². The molecule has 0 radical (unpaired) electrons. The van der Waals surface area contributed by atoms with Crippen LogP contribution in [0.2, 0.25) is 0 Å². The van der Waals surface area contributed by atoms with Crippen molar-refractivity contribution in [3.05, 3.63) is 17.2 Å². The Morgan fingerprint density at radius 2 is 2.11 bits per heavy atom. The highest BCUT2D eigenvalue weighted by atomic mass is 15.1. The first-order valence-corrected chi connectivity index (χ1v) is 8.00. The number of rotatable bonds is 7. The second-order valence-electron chi connectivity index (χ2n) is 5.91. The number of aryl methyl sites for hydroxylation is 2. The van der Waals surface area contributed by atoms with E-state index in [1.54, 1.807) is 0 Å². The molecule has 1 aliphatic carbocycles. The van der Waals surface area contributed by atoms with E-state index in [2.05, 4.69) is 30.7 Å². The monoisotopic (exact) mass is 263 g/mol. The SMILES string of the molecule is CCCNC(C)CCCn1c(C)nc2c1CCCC2. The molecule has 0 saturated heterocycles. The molecule has 3 heteroatoms. The van der Waals surface area contributed by atoms with Crippen molar-refractivity contribution < 1.29 is 0 Å². The highest BCUT2D eigenvalue weighted by Gasteiger charge is 2.17. The van der Waals surface area contributed by atoms with Crippen LogP contribution in [0.4, 0.5) is 0 Å². The Kier molecular flexibility index (Phi) is 5.44. The number of hydrogen-bond acceptors (Lipinski definition) is 2. The molecule has 0 aromatic carbocycles. The van der Waals surface area contributed by atoms with E-state index >= 15 is 0 Å². The molecule has 0 aliphatic heterocycles. The summed E-state index contributed by atoms with van der Waals surface area (Å²) < 4.78 is 2.47. The van der Waals surface area contributed by atoms with Crippen molar-refractivity contribution in [1.29, 1.82) is 0 Å². The molecule has 0 fully saturated rings. The van der Waals surface area contributed by atoms with E-state index in [0.717, 1.165) is 13.1 Å². The first-order valence-electron chi connectivity index (χ1n) is 8.00. The molecule has 0 amide bonds. The predicted molar refractivity (Wildman–Crippen MR) is 80.6 cm³/mol. The third-order valence-corrected chi connectivity index (χ3v) is 4.19. The van der Waals surface area contributed by atoms with Gasteiger partial charge in [0.2, 0.25) is 0 Å². The zero-order chi connectivity index (χ0) is 13.7. The molecule has 108 valence electrons. The zero-order valence-corrected chi connectivity index (χ0v) is 12.8. The van der Waals surface area contributed by atoms with Gasteiger partial charge in [-0.1, -0.05) is 6.92 Å². The van der Waals surface area contributed by atoms with E-state index in [-0.39, 0.29) is 0 Å². The van der Waals surface area contributed by atoms with Gasteiger partial charge < -0.3 is 9.88 Å². The van der Waals surface area contributed by atoms with E-state index < -0.39 is 0 Å². The van der Waals surface area contributed by atoms with Crippen LogP contribution >= 0.6 is 0 Å². The minimum atomic E-state index is 0.639. The van der Waals surface area contributed by atoms with Crippen LogP contribution in [0.5, 0.6) is 0 Å². The van der Waals surface area contributed by atoms with Crippen LogP contribution in [0, 0.1) is 6.92 Å². The van der Waals surface area contributed by atoms with Crippen LogP contribution in [-0.4, -0.2) is 22.1 Å². The lowest BCUT2D eigenvalue weighted by Gasteiger charge is -2.16. The summed E-state index contributed by atoms with van der Waals surface area (Å²) in [6.45, 7) is 8.97. The summed E-state index contributed by atoms with van der Waals surface area (Å²) in [6, 6.07) is 0.639. The van der Waals surface area contributed by atoms with Crippen molar-refractivity contribution in [2.24, 2.45) is 0 Å². The summed E-state index contributed by atoms with van der Waals surface area (Å²) in [5.41, 5.74) is 2.90. The van der Waals surface area contributed by atoms with Crippen LogP contribution < -0.4 is 5.32 Å². The first-order chi connectivity index (χ1) is 9.22. The molecule has 3 nitrogen and oxygen atoms in total. The van der Waals surface area contributed by atoms with E-state index in [0.29, 0.717) is 6.04 Å². The van der Waals surface area contributed by atoms with Gasteiger partial charge in [-0.25, -0.2) is 4.98 Å². The lowest BCUT2D eigenvalue weighted by Crippen LogP contribution is -2.27. The molecule has 1 heterocycles. The number of aromatic nitrogens is 2. The van der Waals surface area contributed by atoms with E-state index in [1.807, 2.05) is 0 Å². The molecule has 1 aliphatic rings. The number of imidazole rings is 1. The largest absolute Gasteiger partial charge is 0.332 e. The maximum atomic E-state index is 4.75. The third kappa shape index (κ3) is 3.82. The Hall–Kier alpha value is -0.830. The highest BCUT2D eigenvalue weighted by Crippen LogP contribution is 2.22. The van der Waals surface area contributed by atoms with E-state index in [1.165, 1.54) is 62.2 Å². The van der Waals surface area contributed by atoms with Gasteiger partial charge in [0.05, 0.1) is 5.69 Å². The minimum Gasteiger partial charge on any atom is -0.332 e. The maximum absolute atomic E-state index is 4.75. The summed E-state index contributed by atoms with van der Waals surface area (Å²) >= 11 is 0. The van der Waals surface area contributed by atoms with Crippen LogP contribution in [0.25, 0.3) is 0 Å². The van der Waals surface area contributed by atoms with E-state index in [9.17, 15) is 0 Å². The van der Waals surface area contributed by atoms with Crippen molar-refractivity contribution in [3.8, 4) is 0 Å². The summed E-state index contributed by atoms with van der Waals surface area (Å²) in [5, 5.41) is 3.56. The average Bonchev–Trinajstić information content (AvgIpc) is 2.73. The predicted octanol–water partition coefficient (Wildman–Crippen LogP) is 3.24. The lowest BCUT2D eigenvalue weighted by atomic mass is 10.0. The maximum Gasteiger partial charge on any atom is 0.106 e. The smallest absolute Gasteiger partial charge is 0.106 e. The molecular weight excluding hydrogens is 234 g/mol. The molecule has 0 spiro atoms. The molecular formula is C16H29N3. The number of hydrogen-bond donors (Lipinski definition) is 1. The molecule has 19 heavy (non-hydrogen) atoms. The van der Waals surface area contributed by atoms with Gasteiger partial charge in [-0.15, -0.1) is 0 Å². The quantitative estimate of drug-likeness (QED) is 0.818. The summed E-state index contributed by atoms with van der Waals surface area (Å²) in [4.78, 5) is 4.75. The summed E-state index contributed by atoms with van der Waals surface area (Å²) in [7, 11) is 0. The van der Waals surface area contributed by atoms with Crippen LogP contribution in [0.15, 0.2) is 0 Å². The standard InChI is InChI=1S/C16H29N3/c1-4-11-17-13(2)8-7-12-19-14(3)18-15-9-5-6-10-16(15)19/h13,17H,4-12H2,1-3H3. The molecule has 0 bridgehead atoms. The van der Waals surface area contributed by atoms with Crippen LogP contribution in [0.1, 0.15) is 63.2 Å². The molecule has 1 atom stereocenters. The van der Waals surface area contributed by atoms with Gasteiger partial charge in [0.15, 0.2) is 0 Å². The lowest BCUT2D eigenvalue weighted by molar-refractivity contribution is 0.467. The van der Waals surface area contributed by atoms with Crippen molar-refractivity contribution >= 4 is 0 Å². The average molecular weight is 263 g/mol. The first kappa shape index (κ1) is 14.6. The molecule has 1 unspecified atom stereocenters. The Bertz CT molecular complexity index is 395. The van der Waals surface area contributed by atoms with Crippen molar-refractivity contribution in [2.75, 3.05) is 6.54 Å². The van der Waals surface area contributed by atoms with E-state index in [4.69, 9.17) is 4.98 Å². The van der Waals surface area contributed by atoms with Gasteiger partial charge in [-0.3, -0.25) is 0 Å². The number of fused-ring (bicyclic) bond motifs is 1. The number of nitrogens with zero attached hydrogens (tertiary/aromatic N) is 2. The fourth-order valence-corrected chi connectivity index (χ4v) is 3.08. The Balaban J connectivity index is 1.84. The fourth-order valence-electron chi connectivity index (χ4n) is 3.08. The normalized spacial score (nSPS) is 16.4. The second-order valence-corrected chi connectivity index (χ2v) is 5.91. The van der Waals surface area contributed by atoms with Gasteiger partial charge in [-0.05, 0) is 65.3 Å². The number of nitrogens with one attached hydrogen (secondary N) is 1.